The van der Waals surface area contributed by atoms with E-state index in [1.54, 1.807) is 42.5 Å². The summed E-state index contributed by atoms with van der Waals surface area (Å²) in [6, 6.07) is 15.3. The molecule has 0 spiro atoms. The lowest BCUT2D eigenvalue weighted by Gasteiger charge is -2.12. The predicted molar refractivity (Wildman–Crippen MR) is 95.9 cm³/mol. The van der Waals surface area contributed by atoms with Crippen LogP contribution in [0.3, 0.4) is 0 Å². The number of anilines is 1. The Kier molecular flexibility index (Phi) is 4.85. The van der Waals surface area contributed by atoms with Crippen molar-refractivity contribution in [3.8, 4) is 5.75 Å². The number of carbonyl (C=O) groups excluding carboxylic acids is 3. The average molecular weight is 354 g/mol. The van der Waals surface area contributed by atoms with Crippen molar-refractivity contribution < 1.29 is 19.5 Å². The summed E-state index contributed by atoms with van der Waals surface area (Å²) in [5.41, 5.74) is 1.02. The molecule has 3 rings (SSSR count). The first-order valence-electron chi connectivity index (χ1n) is 7.43. The number of phenols is 1. The lowest BCUT2D eigenvalue weighted by Crippen LogP contribution is -2.36. The molecule has 1 fully saturated rings. The van der Waals surface area contributed by atoms with E-state index in [1.807, 2.05) is 6.07 Å². The van der Waals surface area contributed by atoms with Crippen LogP contribution in [-0.4, -0.2) is 33.6 Å². The fourth-order valence-corrected chi connectivity index (χ4v) is 3.08. The van der Waals surface area contributed by atoms with Gasteiger partial charge in [-0.15, -0.1) is 0 Å². The molecular formula is C18H14N2O4S. The summed E-state index contributed by atoms with van der Waals surface area (Å²) in [5, 5.41) is 11.9. The SMILES string of the molecule is O=C(CN1C(=O)S/C(=C\c2ccccc2O)C1=O)Nc1ccccc1. The second-order valence-electron chi connectivity index (χ2n) is 5.24. The number of nitrogens with zero attached hydrogens (tertiary/aromatic N) is 1. The summed E-state index contributed by atoms with van der Waals surface area (Å²) in [6.07, 6.45) is 1.44. The molecule has 1 saturated heterocycles. The number of para-hydroxylation sites is 2. The number of phenolic OH excluding ortho intramolecular Hbond substituents is 1. The number of benzene rings is 2. The number of amides is 3. The second-order valence-corrected chi connectivity index (χ2v) is 6.23. The molecule has 7 heteroatoms. The van der Waals surface area contributed by atoms with Crippen LogP contribution in [0.2, 0.25) is 0 Å². The lowest BCUT2D eigenvalue weighted by atomic mass is 10.2. The molecule has 3 amide bonds. The molecule has 0 aliphatic carbocycles. The second kappa shape index (κ2) is 7.23. The van der Waals surface area contributed by atoms with Gasteiger partial charge in [-0.2, -0.15) is 0 Å². The third-order valence-corrected chi connectivity index (χ3v) is 4.36. The van der Waals surface area contributed by atoms with Gasteiger partial charge in [0.05, 0.1) is 4.91 Å². The van der Waals surface area contributed by atoms with Crippen LogP contribution in [0, 0.1) is 0 Å². The van der Waals surface area contributed by atoms with Gasteiger partial charge in [-0.25, -0.2) is 0 Å². The molecular weight excluding hydrogens is 340 g/mol. The first-order chi connectivity index (χ1) is 12.0. The van der Waals surface area contributed by atoms with E-state index < -0.39 is 17.1 Å². The van der Waals surface area contributed by atoms with Gasteiger partial charge in [0.2, 0.25) is 5.91 Å². The van der Waals surface area contributed by atoms with Gasteiger partial charge >= 0.3 is 0 Å². The monoisotopic (exact) mass is 354 g/mol. The topological polar surface area (TPSA) is 86.7 Å². The fraction of sp³-hybridized carbons (Fsp3) is 0.0556. The highest BCUT2D eigenvalue weighted by atomic mass is 32.2. The van der Waals surface area contributed by atoms with Crippen molar-refractivity contribution in [1.29, 1.82) is 0 Å². The number of thioether (sulfide) groups is 1. The maximum Gasteiger partial charge on any atom is 0.294 e. The van der Waals surface area contributed by atoms with Crippen LogP contribution >= 0.6 is 11.8 Å². The summed E-state index contributed by atoms with van der Waals surface area (Å²) < 4.78 is 0. The van der Waals surface area contributed by atoms with Crippen molar-refractivity contribution in [2.24, 2.45) is 0 Å². The van der Waals surface area contributed by atoms with E-state index in [2.05, 4.69) is 5.32 Å². The zero-order valence-electron chi connectivity index (χ0n) is 13.0. The Balaban J connectivity index is 1.71. The smallest absolute Gasteiger partial charge is 0.294 e. The zero-order chi connectivity index (χ0) is 17.8. The van der Waals surface area contributed by atoms with Crippen molar-refractivity contribution in [3.63, 3.8) is 0 Å². The molecule has 1 heterocycles. The van der Waals surface area contributed by atoms with Crippen molar-refractivity contribution in [1.82, 2.24) is 4.90 Å². The van der Waals surface area contributed by atoms with Crippen LogP contribution in [0.15, 0.2) is 59.5 Å². The van der Waals surface area contributed by atoms with Crippen LogP contribution in [0.4, 0.5) is 10.5 Å². The lowest BCUT2D eigenvalue weighted by molar-refractivity contribution is -0.127. The Bertz CT molecular complexity index is 864. The first-order valence-corrected chi connectivity index (χ1v) is 8.24. The van der Waals surface area contributed by atoms with Gasteiger partial charge in [0.25, 0.3) is 11.1 Å². The van der Waals surface area contributed by atoms with Crippen molar-refractivity contribution >= 4 is 40.6 Å². The molecule has 0 bridgehead atoms. The van der Waals surface area contributed by atoms with E-state index in [-0.39, 0.29) is 17.2 Å². The average Bonchev–Trinajstić information content (AvgIpc) is 2.85. The predicted octanol–water partition coefficient (Wildman–Crippen LogP) is 3.07. The van der Waals surface area contributed by atoms with Crippen LogP contribution in [0.5, 0.6) is 5.75 Å². The minimum absolute atomic E-state index is 0.0103. The molecule has 2 aromatic rings. The van der Waals surface area contributed by atoms with Gasteiger partial charge in [0.1, 0.15) is 12.3 Å². The van der Waals surface area contributed by atoms with E-state index in [1.165, 1.54) is 12.1 Å². The third kappa shape index (κ3) is 3.89. The van der Waals surface area contributed by atoms with Crippen LogP contribution in [0.1, 0.15) is 5.56 Å². The first kappa shape index (κ1) is 16.8. The molecule has 126 valence electrons. The molecule has 2 aromatic carbocycles. The van der Waals surface area contributed by atoms with Gasteiger partial charge in [-0.05, 0) is 36.0 Å². The minimum atomic E-state index is -0.554. The summed E-state index contributed by atoms with van der Waals surface area (Å²) in [6.45, 7) is -0.363. The molecule has 25 heavy (non-hydrogen) atoms. The third-order valence-electron chi connectivity index (χ3n) is 3.46. The van der Waals surface area contributed by atoms with Crippen molar-refractivity contribution in [2.45, 2.75) is 0 Å². The van der Waals surface area contributed by atoms with E-state index in [9.17, 15) is 19.5 Å². The Morgan fingerprint density at radius 3 is 2.48 bits per heavy atom. The number of hydrogen-bond donors (Lipinski definition) is 2. The summed E-state index contributed by atoms with van der Waals surface area (Å²) in [5.74, 6) is -1.00. The molecule has 6 nitrogen and oxygen atoms in total. The van der Waals surface area contributed by atoms with E-state index in [0.29, 0.717) is 11.3 Å². The number of nitrogens with one attached hydrogen (secondary N) is 1. The maximum atomic E-state index is 12.4. The molecule has 2 N–H and O–H groups in total. The highest BCUT2D eigenvalue weighted by molar-refractivity contribution is 8.18. The van der Waals surface area contributed by atoms with Crippen LogP contribution < -0.4 is 5.32 Å². The van der Waals surface area contributed by atoms with E-state index >= 15 is 0 Å². The van der Waals surface area contributed by atoms with E-state index in [0.717, 1.165) is 16.7 Å². The highest BCUT2D eigenvalue weighted by Gasteiger charge is 2.36. The molecule has 0 saturated carbocycles. The van der Waals surface area contributed by atoms with Crippen molar-refractivity contribution in [2.75, 3.05) is 11.9 Å². The summed E-state index contributed by atoms with van der Waals surface area (Å²) >= 11 is 0.741. The van der Waals surface area contributed by atoms with Crippen molar-refractivity contribution in [3.05, 3.63) is 65.1 Å². The highest BCUT2D eigenvalue weighted by Crippen LogP contribution is 2.33. The normalized spacial score (nSPS) is 15.7. The summed E-state index contributed by atoms with van der Waals surface area (Å²) in [7, 11) is 0. The zero-order valence-corrected chi connectivity index (χ0v) is 13.8. The number of hydrogen-bond acceptors (Lipinski definition) is 5. The number of carbonyl (C=O) groups is 3. The Hall–Kier alpha value is -3.06. The Morgan fingerprint density at radius 1 is 1.08 bits per heavy atom. The van der Waals surface area contributed by atoms with Gasteiger partial charge < -0.3 is 10.4 Å². The number of aromatic hydroxyl groups is 1. The molecule has 0 atom stereocenters. The fourth-order valence-electron chi connectivity index (χ4n) is 2.25. The molecule has 0 radical (unpaired) electrons. The molecule has 1 aliphatic heterocycles. The molecule has 1 aliphatic rings. The van der Waals surface area contributed by atoms with E-state index in [4.69, 9.17) is 0 Å². The minimum Gasteiger partial charge on any atom is -0.507 e. The maximum absolute atomic E-state index is 12.4. The number of rotatable bonds is 4. The van der Waals surface area contributed by atoms with Gasteiger partial charge in [0, 0.05) is 11.3 Å². The van der Waals surface area contributed by atoms with Gasteiger partial charge in [0.15, 0.2) is 0 Å². The molecule has 0 aromatic heterocycles. The number of imide groups is 1. The Labute approximate surface area is 148 Å². The quantitative estimate of drug-likeness (QED) is 0.824. The summed E-state index contributed by atoms with van der Waals surface area (Å²) in [4.78, 5) is 37.5. The molecule has 0 unspecified atom stereocenters. The van der Waals surface area contributed by atoms with Crippen LogP contribution in [0.25, 0.3) is 6.08 Å². The van der Waals surface area contributed by atoms with Crippen LogP contribution in [-0.2, 0) is 9.59 Å². The van der Waals surface area contributed by atoms with Gasteiger partial charge in [-0.1, -0.05) is 36.4 Å². The largest absolute Gasteiger partial charge is 0.507 e. The van der Waals surface area contributed by atoms with Gasteiger partial charge in [-0.3, -0.25) is 19.3 Å². The standard InChI is InChI=1S/C18H14N2O4S/c21-14-9-5-4-6-12(14)10-15-17(23)20(18(24)25-15)11-16(22)19-13-7-2-1-3-8-13/h1-10,21H,11H2,(H,19,22)/b15-10-. The Morgan fingerprint density at radius 2 is 1.76 bits per heavy atom.